The third-order valence-electron chi connectivity index (χ3n) is 2.06. The molecule has 4 nitrogen and oxygen atoms in total. The van der Waals surface area contributed by atoms with Crippen molar-refractivity contribution in [3.63, 3.8) is 0 Å². The first-order valence-corrected chi connectivity index (χ1v) is 5.40. The van der Waals surface area contributed by atoms with Gasteiger partial charge in [-0.15, -0.1) is 0 Å². The predicted octanol–water partition coefficient (Wildman–Crippen LogP) is 1.45. The normalized spacial score (nSPS) is 13.6. The molecule has 0 spiro atoms. The Labute approximate surface area is 102 Å². The van der Waals surface area contributed by atoms with Crippen LogP contribution in [0.15, 0.2) is 28.7 Å². The summed E-state index contributed by atoms with van der Waals surface area (Å²) in [7, 11) is 0. The van der Waals surface area contributed by atoms with Crippen molar-refractivity contribution in [2.24, 2.45) is 0 Å². The van der Waals surface area contributed by atoms with Crippen LogP contribution in [0.5, 0.6) is 0 Å². The van der Waals surface area contributed by atoms with Gasteiger partial charge in [0.1, 0.15) is 5.54 Å². The van der Waals surface area contributed by atoms with E-state index in [9.17, 15) is 4.79 Å². The fourth-order valence-electron chi connectivity index (χ4n) is 1.03. The standard InChI is InChI=1S/C11H11BrN2O2/c1-11(6-13,7-15)14-10(16)8-2-4-9(12)5-3-8/h2-5,15H,7H2,1H3,(H,14,16). The van der Waals surface area contributed by atoms with Crippen LogP contribution in [0.1, 0.15) is 17.3 Å². The van der Waals surface area contributed by atoms with Gasteiger partial charge in [0.05, 0.1) is 12.7 Å². The second kappa shape index (κ2) is 5.10. The average Bonchev–Trinajstić information content (AvgIpc) is 2.29. The van der Waals surface area contributed by atoms with E-state index in [-0.39, 0.29) is 5.91 Å². The van der Waals surface area contributed by atoms with Crippen molar-refractivity contribution in [1.82, 2.24) is 5.32 Å². The Balaban J connectivity index is 2.81. The highest BCUT2D eigenvalue weighted by atomic mass is 79.9. The smallest absolute Gasteiger partial charge is 0.252 e. The third kappa shape index (κ3) is 3.05. The second-order valence-electron chi connectivity index (χ2n) is 3.56. The Morgan fingerprint density at radius 3 is 2.56 bits per heavy atom. The topological polar surface area (TPSA) is 73.1 Å². The fourth-order valence-corrected chi connectivity index (χ4v) is 1.29. The summed E-state index contributed by atoms with van der Waals surface area (Å²) in [5.41, 5.74) is -0.803. The number of amides is 1. The summed E-state index contributed by atoms with van der Waals surface area (Å²) in [5.74, 6) is -0.384. The van der Waals surface area contributed by atoms with E-state index >= 15 is 0 Å². The van der Waals surface area contributed by atoms with Crippen LogP contribution >= 0.6 is 15.9 Å². The van der Waals surface area contributed by atoms with Crippen molar-refractivity contribution in [3.8, 4) is 6.07 Å². The SMILES string of the molecule is CC(C#N)(CO)NC(=O)c1ccc(Br)cc1. The van der Waals surface area contributed by atoms with Crippen molar-refractivity contribution < 1.29 is 9.90 Å². The summed E-state index contributed by atoms with van der Waals surface area (Å²) in [6, 6.07) is 8.58. The van der Waals surface area contributed by atoms with Crippen LogP contribution in [0.4, 0.5) is 0 Å². The van der Waals surface area contributed by atoms with Crippen LogP contribution in [-0.2, 0) is 0 Å². The molecule has 0 fully saturated rings. The number of carbonyl (C=O) groups excluding carboxylic acids is 1. The minimum atomic E-state index is -1.25. The number of benzene rings is 1. The molecule has 5 heteroatoms. The largest absolute Gasteiger partial charge is 0.393 e. The molecule has 0 saturated carbocycles. The van der Waals surface area contributed by atoms with Gasteiger partial charge in [0.15, 0.2) is 0 Å². The molecule has 84 valence electrons. The summed E-state index contributed by atoms with van der Waals surface area (Å²) in [4.78, 5) is 11.7. The molecule has 0 heterocycles. The number of hydrogen-bond donors (Lipinski definition) is 2. The number of nitriles is 1. The van der Waals surface area contributed by atoms with Crippen molar-refractivity contribution in [1.29, 1.82) is 5.26 Å². The van der Waals surface area contributed by atoms with Crippen LogP contribution in [-0.4, -0.2) is 23.2 Å². The molecule has 0 aromatic heterocycles. The monoisotopic (exact) mass is 282 g/mol. The number of aliphatic hydroxyl groups is 1. The zero-order valence-corrected chi connectivity index (χ0v) is 10.3. The van der Waals surface area contributed by atoms with Gasteiger partial charge in [-0.2, -0.15) is 5.26 Å². The molecule has 0 saturated heterocycles. The number of rotatable bonds is 3. The maximum absolute atomic E-state index is 11.7. The van der Waals surface area contributed by atoms with Gasteiger partial charge in [0, 0.05) is 10.0 Å². The van der Waals surface area contributed by atoms with Crippen LogP contribution in [0.25, 0.3) is 0 Å². The van der Waals surface area contributed by atoms with Gasteiger partial charge < -0.3 is 10.4 Å². The van der Waals surface area contributed by atoms with Gasteiger partial charge >= 0.3 is 0 Å². The Morgan fingerprint density at radius 1 is 1.56 bits per heavy atom. The van der Waals surface area contributed by atoms with E-state index in [1.165, 1.54) is 6.92 Å². The lowest BCUT2D eigenvalue weighted by Gasteiger charge is -2.20. The van der Waals surface area contributed by atoms with Crippen molar-refractivity contribution in [2.75, 3.05) is 6.61 Å². The number of halogens is 1. The van der Waals surface area contributed by atoms with E-state index in [1.807, 2.05) is 6.07 Å². The molecule has 0 aliphatic rings. The summed E-state index contributed by atoms with van der Waals surface area (Å²) < 4.78 is 0.870. The molecule has 0 aliphatic carbocycles. The second-order valence-corrected chi connectivity index (χ2v) is 4.48. The highest BCUT2D eigenvalue weighted by Crippen LogP contribution is 2.11. The van der Waals surface area contributed by atoms with Crippen molar-refractivity contribution in [3.05, 3.63) is 34.3 Å². The molecule has 1 atom stereocenters. The zero-order valence-electron chi connectivity index (χ0n) is 8.70. The summed E-state index contributed by atoms with van der Waals surface area (Å²) >= 11 is 3.26. The van der Waals surface area contributed by atoms with Crippen LogP contribution in [0.2, 0.25) is 0 Å². The quantitative estimate of drug-likeness (QED) is 0.881. The minimum Gasteiger partial charge on any atom is -0.393 e. The number of aliphatic hydroxyl groups excluding tert-OH is 1. The van der Waals surface area contributed by atoms with Crippen LogP contribution in [0, 0.1) is 11.3 Å². The lowest BCUT2D eigenvalue weighted by Crippen LogP contribution is -2.47. The molecule has 1 unspecified atom stereocenters. The number of nitrogens with one attached hydrogen (secondary N) is 1. The Hall–Kier alpha value is -1.38. The van der Waals surface area contributed by atoms with E-state index in [4.69, 9.17) is 10.4 Å². The van der Waals surface area contributed by atoms with Crippen molar-refractivity contribution >= 4 is 21.8 Å². The van der Waals surface area contributed by atoms with Gasteiger partial charge in [0.25, 0.3) is 5.91 Å². The molecule has 2 N–H and O–H groups in total. The zero-order chi connectivity index (χ0) is 12.2. The summed E-state index contributed by atoms with van der Waals surface area (Å²) in [5, 5.41) is 20.2. The molecule has 1 amide bonds. The Bertz CT molecular complexity index is 425. The maximum atomic E-state index is 11.7. The van der Waals surface area contributed by atoms with Crippen molar-refractivity contribution in [2.45, 2.75) is 12.5 Å². The average molecular weight is 283 g/mol. The molecule has 0 bridgehead atoms. The molecule has 0 aliphatic heterocycles. The first-order valence-electron chi connectivity index (χ1n) is 4.61. The summed E-state index contributed by atoms with van der Waals surface area (Å²) in [6.45, 7) is 1.04. The van der Waals surface area contributed by atoms with Gasteiger partial charge in [-0.3, -0.25) is 4.79 Å². The van der Waals surface area contributed by atoms with E-state index in [2.05, 4.69) is 21.2 Å². The molecule has 1 rings (SSSR count). The molecule has 0 radical (unpaired) electrons. The van der Waals surface area contributed by atoms with Gasteiger partial charge in [0.2, 0.25) is 0 Å². The van der Waals surface area contributed by atoms with Crippen LogP contribution < -0.4 is 5.32 Å². The minimum absolute atomic E-state index is 0.384. The molecule has 1 aromatic carbocycles. The Kier molecular flexibility index (Phi) is 4.05. The van der Waals surface area contributed by atoms with E-state index in [0.29, 0.717) is 5.56 Å². The maximum Gasteiger partial charge on any atom is 0.252 e. The molecule has 16 heavy (non-hydrogen) atoms. The number of carbonyl (C=O) groups is 1. The number of nitrogens with zero attached hydrogens (tertiary/aromatic N) is 1. The van der Waals surface area contributed by atoms with E-state index in [1.54, 1.807) is 24.3 Å². The molecular formula is C11H11BrN2O2. The molecular weight excluding hydrogens is 272 g/mol. The van der Waals surface area contributed by atoms with Crippen LogP contribution in [0.3, 0.4) is 0 Å². The summed E-state index contributed by atoms with van der Waals surface area (Å²) in [6.07, 6.45) is 0. The predicted molar refractivity (Wildman–Crippen MR) is 62.7 cm³/mol. The first-order chi connectivity index (χ1) is 7.50. The Morgan fingerprint density at radius 2 is 2.12 bits per heavy atom. The third-order valence-corrected chi connectivity index (χ3v) is 2.59. The van der Waals surface area contributed by atoms with E-state index < -0.39 is 12.1 Å². The fraction of sp³-hybridized carbons (Fsp3) is 0.273. The number of hydrogen-bond acceptors (Lipinski definition) is 3. The lowest BCUT2D eigenvalue weighted by molar-refractivity contribution is 0.0893. The van der Waals surface area contributed by atoms with Gasteiger partial charge in [-0.05, 0) is 31.2 Å². The highest BCUT2D eigenvalue weighted by Gasteiger charge is 2.25. The van der Waals surface area contributed by atoms with E-state index in [0.717, 1.165) is 4.47 Å². The van der Waals surface area contributed by atoms with Gasteiger partial charge in [-0.25, -0.2) is 0 Å². The molecule has 1 aromatic rings. The highest BCUT2D eigenvalue weighted by molar-refractivity contribution is 9.10. The van der Waals surface area contributed by atoms with Gasteiger partial charge in [-0.1, -0.05) is 15.9 Å². The lowest BCUT2D eigenvalue weighted by atomic mass is 10.1. The first kappa shape index (κ1) is 12.7.